The van der Waals surface area contributed by atoms with E-state index in [0.29, 0.717) is 5.92 Å². The Morgan fingerprint density at radius 1 is 0.969 bits per heavy atom. The summed E-state index contributed by atoms with van der Waals surface area (Å²) in [5, 5.41) is 3.37. The zero-order valence-electron chi connectivity index (χ0n) is 18.8. The standard InChI is InChI=1S/C26H34N2O3.ClH/c1-20(29)28-31-26(30)25(19-23-15-17-27-18-16-23)24-13-11-22(12-14-24)10-6-5-9-21-7-3-2-4-8-21;/h2-4,7-8,11-14,23,25,27H,5-6,9-10,15-19H2,1H3,(H,28,29);1H. The fraction of sp³-hybridized carbons (Fsp3) is 0.462. The molecule has 0 spiro atoms. The number of carbonyl (C=O) groups is 2. The lowest BCUT2D eigenvalue weighted by Crippen LogP contribution is -2.32. The first-order valence-electron chi connectivity index (χ1n) is 11.4. The summed E-state index contributed by atoms with van der Waals surface area (Å²) >= 11 is 0. The van der Waals surface area contributed by atoms with Crippen LogP contribution < -0.4 is 10.8 Å². The third-order valence-electron chi connectivity index (χ3n) is 6.01. The Hall–Kier alpha value is -2.37. The van der Waals surface area contributed by atoms with Gasteiger partial charge in [0, 0.05) is 6.92 Å². The molecule has 0 aliphatic carbocycles. The molecule has 0 bridgehead atoms. The van der Waals surface area contributed by atoms with Crippen LogP contribution in [0.4, 0.5) is 0 Å². The highest BCUT2D eigenvalue weighted by atomic mass is 35.5. The number of benzene rings is 2. The molecule has 1 fully saturated rings. The summed E-state index contributed by atoms with van der Waals surface area (Å²) in [5.74, 6) is -0.639. The van der Waals surface area contributed by atoms with Gasteiger partial charge in [-0.25, -0.2) is 4.79 Å². The summed E-state index contributed by atoms with van der Waals surface area (Å²) in [4.78, 5) is 28.9. The lowest BCUT2D eigenvalue weighted by Gasteiger charge is -2.26. The second-order valence-electron chi connectivity index (χ2n) is 8.50. The molecule has 1 saturated heterocycles. The SMILES string of the molecule is CC(=O)NOC(=O)C(CC1CCNCC1)c1ccc(CCCCc2ccccc2)cc1.Cl. The van der Waals surface area contributed by atoms with E-state index in [9.17, 15) is 9.59 Å². The number of hydrogen-bond donors (Lipinski definition) is 2. The molecule has 5 nitrogen and oxygen atoms in total. The molecule has 2 aromatic carbocycles. The number of aryl methyl sites for hydroxylation is 2. The third kappa shape index (κ3) is 8.64. The number of carbonyl (C=O) groups excluding carboxylic acids is 2. The van der Waals surface area contributed by atoms with Gasteiger partial charge in [0.15, 0.2) is 0 Å². The molecule has 1 unspecified atom stereocenters. The molecule has 174 valence electrons. The van der Waals surface area contributed by atoms with E-state index in [1.165, 1.54) is 18.1 Å². The highest BCUT2D eigenvalue weighted by Gasteiger charge is 2.27. The molecule has 1 amide bonds. The molecule has 1 atom stereocenters. The quantitative estimate of drug-likeness (QED) is 0.420. The van der Waals surface area contributed by atoms with Crippen LogP contribution in [0.2, 0.25) is 0 Å². The van der Waals surface area contributed by atoms with Gasteiger partial charge >= 0.3 is 5.97 Å². The number of unbranched alkanes of at least 4 members (excludes halogenated alkanes) is 1. The molecule has 3 rings (SSSR count). The van der Waals surface area contributed by atoms with Gasteiger partial charge in [0.05, 0.1) is 5.92 Å². The van der Waals surface area contributed by atoms with Gasteiger partial charge in [-0.2, -0.15) is 5.48 Å². The third-order valence-corrected chi connectivity index (χ3v) is 6.01. The van der Waals surface area contributed by atoms with Crippen LogP contribution in [-0.2, 0) is 27.3 Å². The minimum Gasteiger partial charge on any atom is -0.340 e. The Kier molecular flexibility index (Phi) is 11.3. The maximum atomic E-state index is 12.7. The number of amides is 1. The molecule has 32 heavy (non-hydrogen) atoms. The largest absolute Gasteiger partial charge is 0.340 e. The van der Waals surface area contributed by atoms with Crippen molar-refractivity contribution in [1.29, 1.82) is 0 Å². The van der Waals surface area contributed by atoms with Crippen molar-refractivity contribution >= 4 is 24.3 Å². The Morgan fingerprint density at radius 2 is 1.56 bits per heavy atom. The molecular formula is C26H35ClN2O3. The lowest BCUT2D eigenvalue weighted by atomic mass is 9.84. The molecule has 0 saturated carbocycles. The second-order valence-corrected chi connectivity index (χ2v) is 8.50. The Bertz CT molecular complexity index is 821. The Balaban J connectivity index is 0.00000363. The fourth-order valence-electron chi connectivity index (χ4n) is 4.23. The molecule has 0 radical (unpaired) electrons. The van der Waals surface area contributed by atoms with Gasteiger partial charge in [0.1, 0.15) is 0 Å². The van der Waals surface area contributed by atoms with E-state index in [1.807, 2.05) is 12.1 Å². The molecule has 6 heteroatoms. The van der Waals surface area contributed by atoms with Crippen molar-refractivity contribution < 1.29 is 14.4 Å². The molecule has 0 aromatic heterocycles. The minimum absolute atomic E-state index is 0. The zero-order valence-corrected chi connectivity index (χ0v) is 19.7. The normalized spacial score (nSPS) is 14.8. The first-order valence-corrected chi connectivity index (χ1v) is 11.4. The number of hydroxylamine groups is 1. The van der Waals surface area contributed by atoms with Crippen molar-refractivity contribution in [1.82, 2.24) is 10.8 Å². The van der Waals surface area contributed by atoms with E-state index in [-0.39, 0.29) is 30.2 Å². The average Bonchev–Trinajstić information content (AvgIpc) is 2.80. The number of rotatable bonds is 9. The Morgan fingerprint density at radius 3 is 2.16 bits per heavy atom. The van der Waals surface area contributed by atoms with Gasteiger partial charge in [-0.3, -0.25) is 4.79 Å². The van der Waals surface area contributed by atoms with Crippen LogP contribution >= 0.6 is 12.4 Å². The smallest absolute Gasteiger partial charge is 0.339 e. The van der Waals surface area contributed by atoms with Crippen molar-refractivity contribution in [3.63, 3.8) is 0 Å². The Labute approximate surface area is 197 Å². The van der Waals surface area contributed by atoms with Gasteiger partial charge in [0.2, 0.25) is 5.91 Å². The molecule has 2 N–H and O–H groups in total. The van der Waals surface area contributed by atoms with Crippen molar-refractivity contribution in [3.05, 3.63) is 71.3 Å². The van der Waals surface area contributed by atoms with Gasteiger partial charge in [-0.15, -0.1) is 12.4 Å². The fourth-order valence-corrected chi connectivity index (χ4v) is 4.23. The van der Waals surface area contributed by atoms with Gasteiger partial charge in [0.25, 0.3) is 0 Å². The second kappa shape index (κ2) is 13.9. The molecule has 1 aliphatic heterocycles. The number of hydrogen-bond acceptors (Lipinski definition) is 4. The maximum absolute atomic E-state index is 12.7. The van der Waals surface area contributed by atoms with Crippen LogP contribution in [0, 0.1) is 5.92 Å². The van der Waals surface area contributed by atoms with Gasteiger partial charge in [-0.1, -0.05) is 54.6 Å². The average molecular weight is 459 g/mol. The summed E-state index contributed by atoms with van der Waals surface area (Å²) < 4.78 is 0. The predicted molar refractivity (Wildman–Crippen MR) is 130 cm³/mol. The van der Waals surface area contributed by atoms with Crippen molar-refractivity contribution in [3.8, 4) is 0 Å². The number of halogens is 1. The summed E-state index contributed by atoms with van der Waals surface area (Å²) in [5.41, 5.74) is 5.82. The zero-order chi connectivity index (χ0) is 21.9. The minimum atomic E-state index is -0.385. The number of piperidine rings is 1. The topological polar surface area (TPSA) is 67.4 Å². The monoisotopic (exact) mass is 458 g/mol. The lowest BCUT2D eigenvalue weighted by molar-refractivity contribution is -0.159. The predicted octanol–water partition coefficient (Wildman–Crippen LogP) is 4.74. The highest BCUT2D eigenvalue weighted by Crippen LogP contribution is 2.30. The van der Waals surface area contributed by atoms with Gasteiger partial charge in [-0.05, 0) is 80.6 Å². The first-order chi connectivity index (χ1) is 15.1. The van der Waals surface area contributed by atoms with Crippen LogP contribution in [0.3, 0.4) is 0 Å². The van der Waals surface area contributed by atoms with E-state index in [2.05, 4.69) is 53.3 Å². The molecule has 2 aromatic rings. The van der Waals surface area contributed by atoms with E-state index in [1.54, 1.807) is 0 Å². The van der Waals surface area contributed by atoms with Crippen LogP contribution in [0.1, 0.15) is 61.6 Å². The van der Waals surface area contributed by atoms with E-state index in [4.69, 9.17) is 4.84 Å². The first kappa shape index (κ1) is 25.9. The summed E-state index contributed by atoms with van der Waals surface area (Å²) in [6, 6.07) is 18.9. The molecule has 1 aliphatic rings. The van der Waals surface area contributed by atoms with Crippen LogP contribution in [0.5, 0.6) is 0 Å². The van der Waals surface area contributed by atoms with E-state index < -0.39 is 0 Å². The highest BCUT2D eigenvalue weighted by molar-refractivity contribution is 5.85. The number of nitrogens with one attached hydrogen (secondary N) is 2. The van der Waals surface area contributed by atoms with E-state index >= 15 is 0 Å². The van der Waals surface area contributed by atoms with Crippen LogP contribution in [-0.4, -0.2) is 25.0 Å². The maximum Gasteiger partial charge on any atom is 0.339 e. The molecular weight excluding hydrogens is 424 g/mol. The van der Waals surface area contributed by atoms with Crippen LogP contribution in [0.25, 0.3) is 0 Å². The summed E-state index contributed by atoms with van der Waals surface area (Å²) in [6.07, 6.45) is 7.29. The summed E-state index contributed by atoms with van der Waals surface area (Å²) in [7, 11) is 0. The summed E-state index contributed by atoms with van der Waals surface area (Å²) in [6.45, 7) is 3.31. The van der Waals surface area contributed by atoms with Gasteiger partial charge < -0.3 is 10.2 Å². The van der Waals surface area contributed by atoms with Crippen LogP contribution in [0.15, 0.2) is 54.6 Å². The van der Waals surface area contributed by atoms with Crippen molar-refractivity contribution in [2.75, 3.05) is 13.1 Å². The van der Waals surface area contributed by atoms with Crippen molar-refractivity contribution in [2.24, 2.45) is 5.92 Å². The van der Waals surface area contributed by atoms with Crippen molar-refractivity contribution in [2.45, 2.75) is 57.8 Å². The molecule has 1 heterocycles. The van der Waals surface area contributed by atoms with E-state index in [0.717, 1.165) is 63.6 Å².